The Bertz CT molecular complexity index is 370. The van der Waals surface area contributed by atoms with Gasteiger partial charge in [-0.2, -0.15) is 0 Å². The summed E-state index contributed by atoms with van der Waals surface area (Å²) < 4.78 is 0. The lowest BCUT2D eigenvalue weighted by Crippen LogP contribution is -2.52. The molecule has 1 amide bonds. The van der Waals surface area contributed by atoms with Crippen molar-refractivity contribution < 1.29 is 4.79 Å². The van der Waals surface area contributed by atoms with Crippen LogP contribution in [0, 0.1) is 17.3 Å². The van der Waals surface area contributed by atoms with E-state index in [0.29, 0.717) is 23.7 Å². The zero-order valence-electron chi connectivity index (χ0n) is 14.4. The van der Waals surface area contributed by atoms with Crippen LogP contribution in [0.1, 0.15) is 72.6 Å². The third-order valence-corrected chi connectivity index (χ3v) is 6.16. The number of likely N-dealkylation sites (tertiary alicyclic amines) is 1. The fraction of sp³-hybridized carbons (Fsp3) is 0.944. The minimum atomic E-state index is 0.229. The number of carbonyl (C=O) groups is 1. The summed E-state index contributed by atoms with van der Waals surface area (Å²) in [7, 11) is 6.36. The molecule has 1 saturated heterocycles. The van der Waals surface area contributed by atoms with Gasteiger partial charge in [0.2, 0.25) is 5.91 Å². The molecular formula is C18H32BNO. The average molecular weight is 289 g/mol. The number of fused-ring (bicyclic) bond motifs is 1. The summed E-state index contributed by atoms with van der Waals surface area (Å²) in [4.78, 5) is 15.1. The van der Waals surface area contributed by atoms with Gasteiger partial charge in [-0.25, -0.2) is 0 Å². The first-order chi connectivity index (χ1) is 9.89. The van der Waals surface area contributed by atoms with Crippen LogP contribution in [0.3, 0.4) is 0 Å². The SMILES string of the molecule is [B]C1CCCCC2C(=O)N(C(C)C)CCC2C(C)(CC)C1. The van der Waals surface area contributed by atoms with Crippen molar-refractivity contribution >= 4 is 13.8 Å². The Balaban J connectivity index is 2.27. The van der Waals surface area contributed by atoms with Crippen LogP contribution in [0.5, 0.6) is 0 Å². The van der Waals surface area contributed by atoms with E-state index >= 15 is 0 Å². The molecule has 2 nitrogen and oxygen atoms in total. The number of amides is 1. The van der Waals surface area contributed by atoms with Gasteiger partial charge in [0, 0.05) is 18.5 Å². The maximum absolute atomic E-state index is 13.0. The second kappa shape index (κ2) is 6.75. The summed E-state index contributed by atoms with van der Waals surface area (Å²) in [5, 5.41) is 0. The van der Waals surface area contributed by atoms with Crippen molar-refractivity contribution in [2.24, 2.45) is 17.3 Å². The number of hydrogen-bond donors (Lipinski definition) is 0. The van der Waals surface area contributed by atoms with Crippen LogP contribution >= 0.6 is 0 Å². The van der Waals surface area contributed by atoms with Crippen LogP contribution in [-0.4, -0.2) is 31.2 Å². The highest BCUT2D eigenvalue weighted by Crippen LogP contribution is 2.49. The topological polar surface area (TPSA) is 20.3 Å². The Morgan fingerprint density at radius 1 is 1.29 bits per heavy atom. The first kappa shape index (κ1) is 16.9. The van der Waals surface area contributed by atoms with Crippen molar-refractivity contribution in [2.45, 2.75) is 84.5 Å². The van der Waals surface area contributed by atoms with E-state index in [2.05, 4.69) is 32.6 Å². The van der Waals surface area contributed by atoms with Crippen LogP contribution in [-0.2, 0) is 4.79 Å². The van der Waals surface area contributed by atoms with Gasteiger partial charge in [-0.1, -0.05) is 51.8 Å². The number of nitrogens with zero attached hydrogens (tertiary/aromatic N) is 1. The third-order valence-electron chi connectivity index (χ3n) is 6.16. The highest BCUT2D eigenvalue weighted by Gasteiger charge is 2.46. The molecule has 0 aromatic rings. The molecule has 2 fully saturated rings. The van der Waals surface area contributed by atoms with Crippen LogP contribution in [0.25, 0.3) is 0 Å². The Labute approximate surface area is 132 Å². The van der Waals surface area contributed by atoms with E-state index in [1.54, 1.807) is 0 Å². The van der Waals surface area contributed by atoms with Crippen LogP contribution in [0.15, 0.2) is 0 Å². The quantitative estimate of drug-likeness (QED) is 0.698. The molecule has 2 rings (SSSR count). The summed E-state index contributed by atoms with van der Waals surface area (Å²) in [5.74, 6) is 1.48. The second-order valence-corrected chi connectivity index (χ2v) is 7.88. The predicted molar refractivity (Wildman–Crippen MR) is 89.4 cm³/mol. The Morgan fingerprint density at radius 2 is 1.95 bits per heavy atom. The van der Waals surface area contributed by atoms with Crippen LogP contribution in [0.2, 0.25) is 5.82 Å². The molecule has 0 aromatic carbocycles. The molecule has 118 valence electrons. The fourth-order valence-electron chi connectivity index (χ4n) is 4.68. The van der Waals surface area contributed by atoms with Crippen LogP contribution < -0.4 is 0 Å². The summed E-state index contributed by atoms with van der Waals surface area (Å²) in [6.45, 7) is 9.88. The molecular weight excluding hydrogens is 257 g/mol. The second-order valence-electron chi connectivity index (χ2n) is 7.88. The smallest absolute Gasteiger partial charge is 0.226 e. The molecule has 1 aliphatic heterocycles. The average Bonchev–Trinajstić information content (AvgIpc) is 2.49. The minimum Gasteiger partial charge on any atom is -0.340 e. The van der Waals surface area contributed by atoms with Gasteiger partial charge >= 0.3 is 0 Å². The third kappa shape index (κ3) is 3.48. The largest absolute Gasteiger partial charge is 0.340 e. The fourth-order valence-corrected chi connectivity index (χ4v) is 4.68. The van der Waals surface area contributed by atoms with Gasteiger partial charge in [-0.05, 0) is 38.0 Å². The standard InChI is InChI=1S/C18H32BNO/c1-5-18(4)12-14(19)8-6-7-9-15-16(18)10-11-20(13(2)3)17(15)21/h13-16H,5-12H2,1-4H3. The van der Waals surface area contributed by atoms with Crippen molar-refractivity contribution in [1.29, 1.82) is 0 Å². The van der Waals surface area contributed by atoms with E-state index in [0.717, 1.165) is 45.1 Å². The molecule has 21 heavy (non-hydrogen) atoms. The van der Waals surface area contributed by atoms with Gasteiger partial charge in [0.25, 0.3) is 0 Å². The highest BCUT2D eigenvalue weighted by molar-refractivity contribution is 6.11. The van der Waals surface area contributed by atoms with E-state index in [1.807, 2.05) is 0 Å². The predicted octanol–water partition coefficient (Wildman–Crippen LogP) is 4.20. The van der Waals surface area contributed by atoms with Gasteiger partial charge < -0.3 is 4.90 Å². The molecule has 0 bridgehead atoms. The highest BCUT2D eigenvalue weighted by atomic mass is 16.2. The van der Waals surface area contributed by atoms with Crippen molar-refractivity contribution in [3.63, 3.8) is 0 Å². The lowest BCUT2D eigenvalue weighted by Gasteiger charge is -2.48. The summed E-state index contributed by atoms with van der Waals surface area (Å²) in [6, 6.07) is 0.334. The van der Waals surface area contributed by atoms with Gasteiger partial charge in [0.05, 0.1) is 7.85 Å². The maximum atomic E-state index is 13.0. The van der Waals surface area contributed by atoms with E-state index in [1.165, 1.54) is 6.42 Å². The number of carbonyl (C=O) groups excluding carboxylic acids is 1. The zero-order valence-corrected chi connectivity index (χ0v) is 14.4. The number of rotatable bonds is 2. The lowest BCUT2D eigenvalue weighted by molar-refractivity contribution is -0.147. The van der Waals surface area contributed by atoms with Gasteiger partial charge in [0.15, 0.2) is 0 Å². The lowest BCUT2D eigenvalue weighted by atomic mass is 9.59. The van der Waals surface area contributed by atoms with E-state index in [-0.39, 0.29) is 11.3 Å². The van der Waals surface area contributed by atoms with Gasteiger partial charge in [-0.15, -0.1) is 0 Å². The van der Waals surface area contributed by atoms with Crippen LogP contribution in [0.4, 0.5) is 0 Å². The zero-order chi connectivity index (χ0) is 15.6. The van der Waals surface area contributed by atoms with E-state index < -0.39 is 0 Å². The van der Waals surface area contributed by atoms with E-state index in [4.69, 9.17) is 7.85 Å². The molecule has 2 aliphatic rings. The molecule has 3 heteroatoms. The van der Waals surface area contributed by atoms with Crippen molar-refractivity contribution in [1.82, 2.24) is 4.90 Å². The summed E-state index contributed by atoms with van der Waals surface area (Å²) >= 11 is 0. The first-order valence-electron chi connectivity index (χ1n) is 8.95. The van der Waals surface area contributed by atoms with Crippen molar-refractivity contribution in [3.05, 3.63) is 0 Å². The van der Waals surface area contributed by atoms with Gasteiger partial charge in [-0.3, -0.25) is 4.79 Å². The molecule has 2 radical (unpaired) electrons. The normalized spacial score (nSPS) is 38.6. The minimum absolute atomic E-state index is 0.229. The Kier molecular flexibility index (Phi) is 5.43. The molecule has 1 saturated carbocycles. The summed E-state index contributed by atoms with van der Waals surface area (Å²) in [5.41, 5.74) is 0.229. The number of hydrogen-bond acceptors (Lipinski definition) is 1. The van der Waals surface area contributed by atoms with Crippen molar-refractivity contribution in [2.75, 3.05) is 6.54 Å². The molecule has 0 N–H and O–H groups in total. The molecule has 4 atom stereocenters. The Morgan fingerprint density at radius 3 is 2.57 bits per heavy atom. The molecule has 0 spiro atoms. The number of piperidine rings is 1. The molecule has 1 aliphatic carbocycles. The maximum Gasteiger partial charge on any atom is 0.226 e. The molecule has 1 heterocycles. The Hall–Kier alpha value is -0.465. The van der Waals surface area contributed by atoms with Gasteiger partial charge in [0.1, 0.15) is 0 Å². The summed E-state index contributed by atoms with van der Waals surface area (Å²) in [6.07, 6.45) is 7.90. The first-order valence-corrected chi connectivity index (χ1v) is 8.95. The van der Waals surface area contributed by atoms with Crippen molar-refractivity contribution in [3.8, 4) is 0 Å². The monoisotopic (exact) mass is 289 g/mol. The van der Waals surface area contributed by atoms with E-state index in [9.17, 15) is 4.79 Å². The molecule has 0 aromatic heterocycles. The molecule has 4 unspecified atom stereocenters.